The number of hydrogen-bond acceptors (Lipinski definition) is 2. The Bertz CT molecular complexity index is 377. The summed E-state index contributed by atoms with van der Waals surface area (Å²) in [5, 5.41) is 19.7. The molecule has 10 atom stereocenters. The molecule has 4 bridgehead atoms. The first-order valence-electron chi connectivity index (χ1n) is 7.07. The number of rotatable bonds is 2. The maximum absolute atomic E-state index is 9.87. The van der Waals surface area contributed by atoms with Gasteiger partial charge in [-0.05, 0) is 65.6 Å². The van der Waals surface area contributed by atoms with Crippen molar-refractivity contribution in [3.8, 4) is 0 Å². The second kappa shape index (κ2) is 1.91. The van der Waals surface area contributed by atoms with Crippen LogP contribution in [0, 0.1) is 64.6 Å². The van der Waals surface area contributed by atoms with Gasteiger partial charge in [-0.3, -0.25) is 0 Å². The summed E-state index contributed by atoms with van der Waals surface area (Å²) in [6.45, 7) is 0.523. The molecule has 7 fully saturated rings. The van der Waals surface area contributed by atoms with E-state index < -0.39 is 0 Å². The van der Waals surface area contributed by atoms with Crippen molar-refractivity contribution in [1.29, 1.82) is 0 Å². The third kappa shape index (κ3) is 0.425. The minimum Gasteiger partial charge on any atom is -0.396 e. The lowest BCUT2D eigenvalue weighted by atomic mass is 9.60. The Kier molecular flexibility index (Phi) is 0.966. The Hall–Kier alpha value is -0.0800. The average molecular weight is 218 g/mol. The topological polar surface area (TPSA) is 40.5 Å². The number of hydrogen-bond donors (Lipinski definition) is 2. The molecule has 7 aliphatic rings. The maximum atomic E-state index is 9.87. The first kappa shape index (κ1) is 8.10. The van der Waals surface area contributed by atoms with Gasteiger partial charge in [0.15, 0.2) is 0 Å². The molecule has 16 heavy (non-hydrogen) atoms. The van der Waals surface area contributed by atoms with Gasteiger partial charge in [-0.2, -0.15) is 0 Å². The van der Waals surface area contributed by atoms with E-state index in [-0.39, 0.29) is 18.6 Å². The summed E-state index contributed by atoms with van der Waals surface area (Å²) in [6.07, 6.45) is 1.53. The molecule has 2 heteroatoms. The van der Waals surface area contributed by atoms with E-state index in [9.17, 15) is 10.2 Å². The Morgan fingerprint density at radius 2 is 1.25 bits per heavy atom. The van der Waals surface area contributed by atoms with Crippen molar-refractivity contribution < 1.29 is 10.2 Å². The van der Waals surface area contributed by atoms with Crippen LogP contribution in [0.15, 0.2) is 0 Å². The molecule has 0 unspecified atom stereocenters. The predicted molar refractivity (Wildman–Crippen MR) is 56.1 cm³/mol. The van der Waals surface area contributed by atoms with Crippen LogP contribution < -0.4 is 0 Å². The fraction of sp³-hybridized carbons (Fsp3) is 1.00. The van der Waals surface area contributed by atoms with E-state index in [1.54, 1.807) is 0 Å². The smallest absolute Gasteiger partial charge is 0.0515 e. The standard InChI is InChI=1S/C14H18O2/c15-2-14(3-16)12-8-4-1-5-7-6(4)10(12)11(7)13(14)9(5)8/h4-13,15-16H,1-3H2/t4-,5-,6+,7+,8+,9+,10+,11+,12-,13+/m0/s1. The van der Waals surface area contributed by atoms with Gasteiger partial charge in [-0.1, -0.05) is 0 Å². The zero-order valence-corrected chi connectivity index (χ0v) is 9.29. The van der Waals surface area contributed by atoms with Gasteiger partial charge in [0.05, 0.1) is 13.2 Å². The summed E-state index contributed by atoms with van der Waals surface area (Å²) in [5.41, 5.74) is -0.0401. The second-order valence-corrected chi connectivity index (χ2v) is 7.63. The highest BCUT2D eigenvalue weighted by Gasteiger charge is 2.91. The molecule has 7 saturated carbocycles. The van der Waals surface area contributed by atoms with Crippen molar-refractivity contribution in [2.75, 3.05) is 13.2 Å². The van der Waals surface area contributed by atoms with E-state index in [0.29, 0.717) is 0 Å². The average Bonchev–Trinajstić information content (AvgIpc) is 2.88. The first-order valence-corrected chi connectivity index (χ1v) is 7.07. The van der Waals surface area contributed by atoms with Crippen LogP contribution in [0.2, 0.25) is 0 Å². The van der Waals surface area contributed by atoms with E-state index in [2.05, 4.69) is 0 Å². The van der Waals surface area contributed by atoms with Crippen molar-refractivity contribution in [2.45, 2.75) is 6.42 Å². The van der Waals surface area contributed by atoms with Crippen LogP contribution in [0.5, 0.6) is 0 Å². The van der Waals surface area contributed by atoms with Crippen LogP contribution >= 0.6 is 0 Å². The van der Waals surface area contributed by atoms with Crippen molar-refractivity contribution in [3.63, 3.8) is 0 Å². The monoisotopic (exact) mass is 218 g/mol. The molecular weight excluding hydrogens is 200 g/mol. The molecule has 0 amide bonds. The summed E-state index contributed by atoms with van der Waals surface area (Å²) >= 11 is 0. The molecular formula is C14H18O2. The van der Waals surface area contributed by atoms with Crippen molar-refractivity contribution in [2.24, 2.45) is 64.6 Å². The first-order chi connectivity index (χ1) is 7.85. The van der Waals surface area contributed by atoms with Crippen LogP contribution in [-0.2, 0) is 0 Å². The third-order valence-corrected chi connectivity index (χ3v) is 8.32. The fourth-order valence-electron chi connectivity index (χ4n) is 8.76. The Labute approximate surface area is 95.0 Å². The van der Waals surface area contributed by atoms with E-state index >= 15 is 0 Å². The van der Waals surface area contributed by atoms with Crippen molar-refractivity contribution in [3.05, 3.63) is 0 Å². The third-order valence-electron chi connectivity index (χ3n) is 8.32. The highest BCUT2D eigenvalue weighted by Crippen LogP contribution is 2.94. The number of aliphatic hydroxyl groups is 2. The lowest BCUT2D eigenvalue weighted by Crippen LogP contribution is -2.41. The lowest BCUT2D eigenvalue weighted by molar-refractivity contribution is 0.00446. The molecule has 0 saturated heterocycles. The Morgan fingerprint density at radius 1 is 0.750 bits per heavy atom. The van der Waals surface area contributed by atoms with Crippen LogP contribution in [0.25, 0.3) is 0 Å². The molecule has 0 heterocycles. The van der Waals surface area contributed by atoms with Gasteiger partial charge in [0, 0.05) is 5.41 Å². The molecule has 2 N–H and O–H groups in total. The molecule has 0 radical (unpaired) electrons. The van der Waals surface area contributed by atoms with Gasteiger partial charge in [-0.25, -0.2) is 0 Å². The molecule has 2 nitrogen and oxygen atoms in total. The molecule has 0 aromatic carbocycles. The van der Waals surface area contributed by atoms with Gasteiger partial charge in [0.25, 0.3) is 0 Å². The van der Waals surface area contributed by atoms with Gasteiger partial charge in [0.1, 0.15) is 0 Å². The molecule has 86 valence electrons. The van der Waals surface area contributed by atoms with E-state index in [1.165, 1.54) is 6.42 Å². The highest BCUT2D eigenvalue weighted by atomic mass is 16.3. The largest absolute Gasteiger partial charge is 0.396 e. The van der Waals surface area contributed by atoms with Gasteiger partial charge < -0.3 is 10.2 Å². The van der Waals surface area contributed by atoms with Crippen LogP contribution in [0.4, 0.5) is 0 Å². The van der Waals surface area contributed by atoms with Crippen LogP contribution in [0.3, 0.4) is 0 Å². The van der Waals surface area contributed by atoms with Crippen LogP contribution in [0.1, 0.15) is 6.42 Å². The summed E-state index contributed by atoms with van der Waals surface area (Å²) in [7, 11) is 0. The highest BCUT2D eigenvalue weighted by molar-refractivity contribution is 5.38. The predicted octanol–water partition coefficient (Wildman–Crippen LogP) is 0.591. The van der Waals surface area contributed by atoms with Crippen LogP contribution in [-0.4, -0.2) is 23.4 Å². The summed E-state index contributed by atoms with van der Waals surface area (Å²) < 4.78 is 0. The zero-order valence-electron chi connectivity index (χ0n) is 9.29. The normalized spacial score (nSPS) is 76.9. The van der Waals surface area contributed by atoms with Crippen molar-refractivity contribution >= 4 is 0 Å². The summed E-state index contributed by atoms with van der Waals surface area (Å²) in [5.74, 6) is 9.33. The van der Waals surface area contributed by atoms with E-state index in [4.69, 9.17) is 0 Å². The zero-order chi connectivity index (χ0) is 10.4. The van der Waals surface area contributed by atoms with Gasteiger partial charge in [-0.15, -0.1) is 0 Å². The van der Waals surface area contributed by atoms with Crippen molar-refractivity contribution in [1.82, 2.24) is 0 Å². The van der Waals surface area contributed by atoms with Gasteiger partial charge in [0.2, 0.25) is 0 Å². The Balaban J connectivity index is 1.67. The molecule has 7 aliphatic carbocycles. The lowest BCUT2D eigenvalue weighted by Gasteiger charge is -2.44. The second-order valence-electron chi connectivity index (χ2n) is 7.63. The van der Waals surface area contributed by atoms with Gasteiger partial charge >= 0.3 is 0 Å². The number of aliphatic hydroxyl groups excluding tert-OH is 2. The maximum Gasteiger partial charge on any atom is 0.0515 e. The molecule has 0 aromatic heterocycles. The molecule has 0 aliphatic heterocycles. The fourth-order valence-corrected chi connectivity index (χ4v) is 8.76. The minimum absolute atomic E-state index is 0.0401. The minimum atomic E-state index is -0.0401. The summed E-state index contributed by atoms with van der Waals surface area (Å²) in [6, 6.07) is 0. The molecule has 0 spiro atoms. The molecule has 7 rings (SSSR count). The quantitative estimate of drug-likeness (QED) is 0.712. The molecule has 0 aromatic rings. The summed E-state index contributed by atoms with van der Waals surface area (Å²) in [4.78, 5) is 0. The van der Waals surface area contributed by atoms with E-state index in [1.807, 2.05) is 0 Å². The van der Waals surface area contributed by atoms with E-state index in [0.717, 1.165) is 59.2 Å². The Morgan fingerprint density at radius 3 is 1.69 bits per heavy atom. The SMILES string of the molecule is OCC1(CO)[C@@H]2[C@@H]3[C@@H]4[C@@H]5C[C@H]6[C@H]4[C@H]3[C@H]1[C@H]6[C@@H]52.